The summed E-state index contributed by atoms with van der Waals surface area (Å²) in [6, 6.07) is 7.65. The van der Waals surface area contributed by atoms with Gasteiger partial charge in [0.2, 0.25) is 11.8 Å². The number of hydrogen-bond donors (Lipinski definition) is 1. The Hall–Kier alpha value is -1.39. The molecule has 1 heterocycles. The van der Waals surface area contributed by atoms with E-state index in [-0.39, 0.29) is 5.88 Å². The summed E-state index contributed by atoms with van der Waals surface area (Å²) in [6.45, 7) is 0.525. The van der Waals surface area contributed by atoms with E-state index in [0.29, 0.717) is 18.3 Å². The van der Waals surface area contributed by atoms with Gasteiger partial charge in [0.05, 0.1) is 0 Å². The molecule has 0 aliphatic rings. The Bertz CT molecular complexity index is 438. The number of hydrogen-bond acceptors (Lipinski definition) is 4. The van der Waals surface area contributed by atoms with Crippen LogP contribution in [-0.2, 0) is 12.4 Å². The van der Waals surface area contributed by atoms with Crippen LogP contribution in [0.2, 0.25) is 0 Å². The van der Waals surface area contributed by atoms with Gasteiger partial charge in [-0.15, -0.1) is 21.8 Å². The zero-order chi connectivity index (χ0) is 10.7. The molecule has 0 spiro atoms. The third kappa shape index (κ3) is 2.16. The molecule has 2 rings (SSSR count). The Kier molecular flexibility index (Phi) is 2.99. The molecule has 2 N–H and O–H groups in total. The normalized spacial score (nSPS) is 10.5. The first-order valence-corrected chi connectivity index (χ1v) is 5.04. The van der Waals surface area contributed by atoms with Crippen molar-refractivity contribution in [2.45, 2.75) is 12.4 Å². The molecular weight excluding hydrogens is 214 g/mol. The van der Waals surface area contributed by atoms with Crippen LogP contribution in [-0.4, -0.2) is 10.2 Å². The summed E-state index contributed by atoms with van der Waals surface area (Å²) in [5, 5.41) is 7.66. The second-order valence-corrected chi connectivity index (χ2v) is 3.30. The summed E-state index contributed by atoms with van der Waals surface area (Å²) in [6.07, 6.45) is 0. The molecule has 4 nitrogen and oxygen atoms in total. The van der Waals surface area contributed by atoms with E-state index in [2.05, 4.69) is 10.2 Å². The molecule has 0 bridgehead atoms. The molecule has 1 aromatic carbocycles. The minimum Gasteiger partial charge on any atom is -0.419 e. The molecule has 0 saturated heterocycles. The lowest BCUT2D eigenvalue weighted by Gasteiger charge is -1.97. The van der Waals surface area contributed by atoms with Crippen LogP contribution in [0, 0.1) is 0 Å². The fraction of sp³-hybridized carbons (Fsp3) is 0.200. The second-order valence-electron chi connectivity index (χ2n) is 3.04. The van der Waals surface area contributed by atoms with Crippen LogP contribution in [0.1, 0.15) is 11.5 Å². The number of aromatic nitrogens is 2. The summed E-state index contributed by atoms with van der Waals surface area (Å²) >= 11 is 5.56. The molecule has 0 aliphatic heterocycles. The topological polar surface area (TPSA) is 64.9 Å². The zero-order valence-electron chi connectivity index (χ0n) is 7.98. The third-order valence-electron chi connectivity index (χ3n) is 2.02. The summed E-state index contributed by atoms with van der Waals surface area (Å²) in [4.78, 5) is 0. The highest BCUT2D eigenvalue weighted by molar-refractivity contribution is 6.16. The van der Waals surface area contributed by atoms with E-state index in [4.69, 9.17) is 21.8 Å². The number of nitrogens with zero attached hydrogens (tertiary/aromatic N) is 2. The van der Waals surface area contributed by atoms with Gasteiger partial charge in [0.25, 0.3) is 0 Å². The molecule has 78 valence electrons. The van der Waals surface area contributed by atoms with E-state index in [1.807, 2.05) is 24.3 Å². The van der Waals surface area contributed by atoms with Crippen molar-refractivity contribution in [1.29, 1.82) is 0 Å². The van der Waals surface area contributed by atoms with Gasteiger partial charge in [-0.2, -0.15) is 0 Å². The van der Waals surface area contributed by atoms with Crippen LogP contribution in [0.3, 0.4) is 0 Å². The molecule has 5 heteroatoms. The van der Waals surface area contributed by atoms with E-state index in [1.165, 1.54) is 0 Å². The molecule has 2 aromatic rings. The SMILES string of the molecule is NCc1ccc(-c2nnc(CCl)o2)cc1. The summed E-state index contributed by atoms with van der Waals surface area (Å²) in [5.74, 6) is 1.14. The Morgan fingerprint density at radius 1 is 1.20 bits per heavy atom. The zero-order valence-corrected chi connectivity index (χ0v) is 8.74. The molecule has 0 saturated carbocycles. The monoisotopic (exact) mass is 223 g/mol. The van der Waals surface area contributed by atoms with Crippen LogP contribution < -0.4 is 5.73 Å². The lowest BCUT2D eigenvalue weighted by Crippen LogP contribution is -1.95. The maximum atomic E-state index is 5.56. The van der Waals surface area contributed by atoms with E-state index >= 15 is 0 Å². The number of halogens is 1. The molecule has 0 aliphatic carbocycles. The number of alkyl halides is 1. The van der Waals surface area contributed by atoms with Crippen LogP contribution in [0.4, 0.5) is 0 Å². The molecule has 0 fully saturated rings. The van der Waals surface area contributed by atoms with Gasteiger partial charge in [-0.1, -0.05) is 12.1 Å². The second kappa shape index (κ2) is 4.42. The Morgan fingerprint density at radius 3 is 2.47 bits per heavy atom. The van der Waals surface area contributed by atoms with Crippen LogP contribution in [0.5, 0.6) is 0 Å². The van der Waals surface area contributed by atoms with Crippen molar-refractivity contribution in [2.75, 3.05) is 0 Å². The van der Waals surface area contributed by atoms with Crippen LogP contribution >= 0.6 is 11.6 Å². The smallest absolute Gasteiger partial charge is 0.247 e. The van der Waals surface area contributed by atoms with E-state index in [1.54, 1.807) is 0 Å². The van der Waals surface area contributed by atoms with Gasteiger partial charge < -0.3 is 10.2 Å². The van der Waals surface area contributed by atoms with Gasteiger partial charge in [0, 0.05) is 12.1 Å². The van der Waals surface area contributed by atoms with Gasteiger partial charge >= 0.3 is 0 Å². The van der Waals surface area contributed by atoms with Crippen LogP contribution in [0.15, 0.2) is 28.7 Å². The summed E-state index contributed by atoms with van der Waals surface area (Å²) in [7, 11) is 0. The maximum Gasteiger partial charge on any atom is 0.247 e. The van der Waals surface area contributed by atoms with Gasteiger partial charge in [0.15, 0.2) is 0 Å². The average Bonchev–Trinajstić information content (AvgIpc) is 2.78. The predicted octanol–water partition coefficient (Wildman–Crippen LogP) is 1.93. The molecule has 0 unspecified atom stereocenters. The van der Waals surface area contributed by atoms with Crippen molar-refractivity contribution < 1.29 is 4.42 Å². The predicted molar refractivity (Wildman–Crippen MR) is 57.2 cm³/mol. The molecular formula is C10H10ClN3O. The van der Waals surface area contributed by atoms with Crippen LogP contribution in [0.25, 0.3) is 11.5 Å². The Balaban J connectivity index is 2.28. The summed E-state index contributed by atoms with van der Waals surface area (Å²) in [5.41, 5.74) is 7.43. The van der Waals surface area contributed by atoms with Crippen molar-refractivity contribution >= 4 is 11.6 Å². The molecule has 0 atom stereocenters. The molecule has 15 heavy (non-hydrogen) atoms. The highest BCUT2D eigenvalue weighted by Gasteiger charge is 2.06. The molecule has 0 amide bonds. The minimum absolute atomic E-state index is 0.230. The third-order valence-corrected chi connectivity index (χ3v) is 2.25. The first kappa shape index (κ1) is 10.1. The van der Waals surface area contributed by atoms with Gasteiger partial charge in [-0.05, 0) is 17.7 Å². The number of rotatable bonds is 3. The Morgan fingerprint density at radius 2 is 1.93 bits per heavy atom. The number of nitrogens with two attached hydrogens (primary N) is 1. The number of benzene rings is 1. The summed E-state index contributed by atoms with van der Waals surface area (Å²) < 4.78 is 5.31. The highest BCUT2D eigenvalue weighted by atomic mass is 35.5. The lowest BCUT2D eigenvalue weighted by molar-refractivity contribution is 0.527. The van der Waals surface area contributed by atoms with E-state index in [9.17, 15) is 0 Å². The van der Waals surface area contributed by atoms with Gasteiger partial charge in [0.1, 0.15) is 5.88 Å². The van der Waals surface area contributed by atoms with Crippen molar-refractivity contribution in [2.24, 2.45) is 5.73 Å². The van der Waals surface area contributed by atoms with E-state index < -0.39 is 0 Å². The maximum absolute atomic E-state index is 5.56. The highest BCUT2D eigenvalue weighted by Crippen LogP contribution is 2.18. The lowest BCUT2D eigenvalue weighted by atomic mass is 10.1. The first-order chi connectivity index (χ1) is 7.33. The first-order valence-electron chi connectivity index (χ1n) is 4.51. The molecule has 0 radical (unpaired) electrons. The fourth-order valence-electron chi connectivity index (χ4n) is 1.21. The average molecular weight is 224 g/mol. The van der Waals surface area contributed by atoms with Gasteiger partial charge in [-0.3, -0.25) is 0 Å². The van der Waals surface area contributed by atoms with Crippen molar-refractivity contribution in [3.8, 4) is 11.5 Å². The quantitative estimate of drug-likeness (QED) is 0.808. The minimum atomic E-state index is 0.230. The van der Waals surface area contributed by atoms with E-state index in [0.717, 1.165) is 11.1 Å². The molecule has 1 aromatic heterocycles. The Labute approximate surface area is 92.1 Å². The van der Waals surface area contributed by atoms with Gasteiger partial charge in [-0.25, -0.2) is 0 Å². The largest absolute Gasteiger partial charge is 0.419 e. The standard InChI is InChI=1S/C10H10ClN3O/c11-5-9-13-14-10(15-9)8-3-1-7(6-12)2-4-8/h1-4H,5-6,12H2. The van der Waals surface area contributed by atoms with Crippen molar-refractivity contribution in [3.63, 3.8) is 0 Å². The van der Waals surface area contributed by atoms with Crippen molar-refractivity contribution in [1.82, 2.24) is 10.2 Å². The van der Waals surface area contributed by atoms with Crippen molar-refractivity contribution in [3.05, 3.63) is 35.7 Å². The fourth-order valence-corrected chi connectivity index (χ4v) is 1.32.